The van der Waals surface area contributed by atoms with E-state index in [4.69, 9.17) is 0 Å². The van der Waals surface area contributed by atoms with Gasteiger partial charge < -0.3 is 5.32 Å². The van der Waals surface area contributed by atoms with Crippen LogP contribution in [0, 0.1) is 0 Å². The van der Waals surface area contributed by atoms with Crippen LogP contribution in [0.1, 0.15) is 22.0 Å². The topological polar surface area (TPSA) is 12.0 Å². The second-order valence-corrected chi connectivity index (χ2v) is 6.27. The Balaban J connectivity index is 2.12. The van der Waals surface area contributed by atoms with Crippen molar-refractivity contribution in [1.82, 2.24) is 5.32 Å². The number of likely N-dealkylation sites (N-methyl/N-ethyl adjacent to an activating group) is 1. The second-order valence-electron chi connectivity index (χ2n) is 4.41. The minimum atomic E-state index is -4.28. The fraction of sp³-hybridized carbons (Fsp3) is 0.286. The zero-order chi connectivity index (χ0) is 14.8. The van der Waals surface area contributed by atoms with Crippen LogP contribution in [-0.2, 0) is 12.6 Å². The van der Waals surface area contributed by atoms with Gasteiger partial charge in [0.2, 0.25) is 0 Å². The average Bonchev–Trinajstić information content (AvgIpc) is 2.82. The summed E-state index contributed by atoms with van der Waals surface area (Å²) in [5.41, 5.74) is 0.267. The van der Waals surface area contributed by atoms with E-state index >= 15 is 0 Å². The Kier molecular flexibility index (Phi) is 4.88. The summed E-state index contributed by atoms with van der Waals surface area (Å²) < 4.78 is 38.5. The minimum absolute atomic E-state index is 0.100. The SMILES string of the molecule is CNC(Cc1ccc(C(F)(F)F)cc1)c1cc(Br)cs1. The van der Waals surface area contributed by atoms with Crippen LogP contribution in [0.3, 0.4) is 0 Å². The van der Waals surface area contributed by atoms with E-state index in [0.29, 0.717) is 6.42 Å². The number of halogens is 4. The van der Waals surface area contributed by atoms with Crippen LogP contribution in [0.2, 0.25) is 0 Å². The molecule has 0 aliphatic rings. The van der Waals surface area contributed by atoms with Crippen LogP contribution in [-0.4, -0.2) is 7.05 Å². The van der Waals surface area contributed by atoms with Crippen molar-refractivity contribution < 1.29 is 13.2 Å². The van der Waals surface area contributed by atoms with Crippen molar-refractivity contribution in [3.05, 3.63) is 56.2 Å². The lowest BCUT2D eigenvalue weighted by molar-refractivity contribution is -0.137. The molecule has 1 atom stereocenters. The van der Waals surface area contributed by atoms with Crippen molar-refractivity contribution in [2.45, 2.75) is 18.6 Å². The van der Waals surface area contributed by atoms with Gasteiger partial charge in [-0.1, -0.05) is 12.1 Å². The maximum Gasteiger partial charge on any atom is 0.416 e. The van der Waals surface area contributed by atoms with Crippen molar-refractivity contribution in [2.75, 3.05) is 7.05 Å². The predicted molar refractivity (Wildman–Crippen MR) is 79.0 cm³/mol. The highest BCUT2D eigenvalue weighted by atomic mass is 79.9. The molecule has 0 radical (unpaired) electrons. The monoisotopic (exact) mass is 363 g/mol. The summed E-state index contributed by atoms with van der Waals surface area (Å²) in [5.74, 6) is 0. The van der Waals surface area contributed by atoms with Crippen LogP contribution in [0.15, 0.2) is 40.2 Å². The van der Waals surface area contributed by atoms with Crippen molar-refractivity contribution >= 4 is 27.3 Å². The molecule has 1 unspecified atom stereocenters. The maximum absolute atomic E-state index is 12.5. The maximum atomic E-state index is 12.5. The Labute approximate surface area is 128 Å². The number of hydrogen-bond donors (Lipinski definition) is 1. The van der Waals surface area contributed by atoms with Crippen molar-refractivity contribution in [3.8, 4) is 0 Å². The molecule has 1 N–H and O–H groups in total. The third-order valence-corrected chi connectivity index (χ3v) is 4.81. The van der Waals surface area contributed by atoms with Gasteiger partial charge in [-0.25, -0.2) is 0 Å². The highest BCUT2D eigenvalue weighted by Crippen LogP contribution is 2.31. The van der Waals surface area contributed by atoms with Gasteiger partial charge in [0.05, 0.1) is 5.56 Å². The molecule has 0 bridgehead atoms. The molecule has 1 aromatic carbocycles. The van der Waals surface area contributed by atoms with Gasteiger partial charge in [0.15, 0.2) is 0 Å². The van der Waals surface area contributed by atoms with Gasteiger partial charge >= 0.3 is 6.18 Å². The van der Waals surface area contributed by atoms with Gasteiger partial charge in [0.25, 0.3) is 0 Å². The van der Waals surface area contributed by atoms with Crippen LogP contribution >= 0.6 is 27.3 Å². The Morgan fingerprint density at radius 1 is 1.25 bits per heavy atom. The summed E-state index contributed by atoms with van der Waals surface area (Å²) in [5, 5.41) is 5.18. The van der Waals surface area contributed by atoms with Crippen molar-refractivity contribution in [2.24, 2.45) is 0 Å². The number of hydrogen-bond acceptors (Lipinski definition) is 2. The molecule has 108 valence electrons. The molecule has 2 rings (SSSR count). The molecule has 0 amide bonds. The number of alkyl halides is 3. The standard InChI is InChI=1S/C14H13BrF3NS/c1-19-12(13-7-11(15)8-20-13)6-9-2-4-10(5-3-9)14(16,17)18/h2-5,7-8,12,19H,6H2,1H3. The fourth-order valence-corrected chi connectivity index (χ4v) is 3.48. The van der Waals surface area contributed by atoms with E-state index in [-0.39, 0.29) is 6.04 Å². The Bertz CT molecular complexity index is 563. The lowest BCUT2D eigenvalue weighted by Gasteiger charge is -2.15. The zero-order valence-corrected chi connectivity index (χ0v) is 13.1. The second kappa shape index (κ2) is 6.28. The zero-order valence-electron chi connectivity index (χ0n) is 10.7. The molecule has 6 heteroatoms. The summed E-state index contributed by atoms with van der Waals surface area (Å²) in [4.78, 5) is 1.15. The van der Waals surface area contributed by atoms with Gasteiger partial charge in [-0.2, -0.15) is 13.2 Å². The Hall–Kier alpha value is -0.850. The number of nitrogens with one attached hydrogen (secondary N) is 1. The smallest absolute Gasteiger partial charge is 0.312 e. The van der Waals surface area contributed by atoms with Gasteiger partial charge in [0, 0.05) is 20.8 Å². The van der Waals surface area contributed by atoms with Crippen LogP contribution < -0.4 is 5.32 Å². The number of benzene rings is 1. The lowest BCUT2D eigenvalue weighted by atomic mass is 10.0. The van der Waals surface area contributed by atoms with Crippen LogP contribution in [0.5, 0.6) is 0 Å². The first kappa shape index (κ1) is 15.5. The van der Waals surface area contributed by atoms with E-state index in [1.54, 1.807) is 11.3 Å². The number of rotatable bonds is 4. The van der Waals surface area contributed by atoms with E-state index in [1.165, 1.54) is 12.1 Å². The normalized spacial score (nSPS) is 13.4. The molecule has 0 fully saturated rings. The van der Waals surface area contributed by atoms with Gasteiger partial charge in [-0.3, -0.25) is 0 Å². The summed E-state index contributed by atoms with van der Waals surface area (Å²) in [6.45, 7) is 0. The molecule has 20 heavy (non-hydrogen) atoms. The molecule has 1 heterocycles. The van der Waals surface area contributed by atoms with Gasteiger partial charge in [0.1, 0.15) is 0 Å². The molecule has 1 nitrogen and oxygen atoms in total. The van der Waals surface area contributed by atoms with Crippen molar-refractivity contribution in [3.63, 3.8) is 0 Å². The van der Waals surface area contributed by atoms with Gasteiger partial charge in [-0.05, 0) is 53.2 Å². The van der Waals surface area contributed by atoms with Gasteiger partial charge in [-0.15, -0.1) is 11.3 Å². The van der Waals surface area contributed by atoms with E-state index in [1.807, 2.05) is 18.5 Å². The van der Waals surface area contributed by atoms with E-state index in [0.717, 1.165) is 27.0 Å². The minimum Gasteiger partial charge on any atom is -0.312 e. The molecule has 2 aromatic rings. The highest BCUT2D eigenvalue weighted by Gasteiger charge is 2.30. The van der Waals surface area contributed by atoms with Crippen LogP contribution in [0.25, 0.3) is 0 Å². The molecule has 1 aromatic heterocycles. The largest absolute Gasteiger partial charge is 0.416 e. The molecular formula is C14H13BrF3NS. The predicted octanol–water partition coefficient (Wildman–Crippen LogP) is 5.03. The highest BCUT2D eigenvalue weighted by molar-refractivity contribution is 9.10. The first-order valence-corrected chi connectivity index (χ1v) is 7.64. The third-order valence-electron chi connectivity index (χ3n) is 3.00. The summed E-state index contributed by atoms with van der Waals surface area (Å²) >= 11 is 5.02. The Morgan fingerprint density at radius 3 is 2.35 bits per heavy atom. The third kappa shape index (κ3) is 3.84. The average molecular weight is 364 g/mol. The molecule has 0 saturated carbocycles. The Morgan fingerprint density at radius 2 is 1.90 bits per heavy atom. The molecule has 0 aliphatic heterocycles. The number of thiophene rings is 1. The molecular weight excluding hydrogens is 351 g/mol. The van der Waals surface area contributed by atoms with E-state index in [9.17, 15) is 13.2 Å². The molecule has 0 saturated heterocycles. The first-order chi connectivity index (χ1) is 9.40. The quantitative estimate of drug-likeness (QED) is 0.802. The van der Waals surface area contributed by atoms with Crippen LogP contribution in [0.4, 0.5) is 13.2 Å². The summed E-state index contributed by atoms with van der Waals surface area (Å²) in [6, 6.07) is 7.46. The first-order valence-electron chi connectivity index (χ1n) is 5.97. The van der Waals surface area contributed by atoms with E-state index < -0.39 is 11.7 Å². The van der Waals surface area contributed by atoms with Crippen molar-refractivity contribution in [1.29, 1.82) is 0 Å². The summed E-state index contributed by atoms with van der Waals surface area (Å²) in [6.07, 6.45) is -3.62. The molecule has 0 aliphatic carbocycles. The molecule has 0 spiro atoms. The van der Waals surface area contributed by atoms with E-state index in [2.05, 4.69) is 21.2 Å². The lowest BCUT2D eigenvalue weighted by Crippen LogP contribution is -2.17. The summed E-state index contributed by atoms with van der Waals surface area (Å²) in [7, 11) is 1.85. The fourth-order valence-electron chi connectivity index (χ4n) is 1.92.